The number of thioether (sulfide) groups is 1. The van der Waals surface area contributed by atoms with Crippen LogP contribution in [0.15, 0.2) is 35.5 Å². The molecule has 1 fully saturated rings. The van der Waals surface area contributed by atoms with Crippen LogP contribution < -0.4 is 5.32 Å². The highest BCUT2D eigenvalue weighted by molar-refractivity contribution is 7.99. The summed E-state index contributed by atoms with van der Waals surface area (Å²) in [7, 11) is 0. The molecule has 0 spiro atoms. The first kappa shape index (κ1) is 15.0. The van der Waals surface area contributed by atoms with Crippen molar-refractivity contribution in [1.82, 2.24) is 25.5 Å². The number of hydrogen-bond donors (Lipinski definition) is 1. The molecule has 0 bridgehead atoms. The van der Waals surface area contributed by atoms with Gasteiger partial charge >= 0.3 is 0 Å². The zero-order valence-corrected chi connectivity index (χ0v) is 12.8. The molecule has 1 amide bonds. The monoisotopic (exact) mass is 319 g/mol. The summed E-state index contributed by atoms with van der Waals surface area (Å²) in [5.74, 6) is 0.239. The van der Waals surface area contributed by atoms with E-state index in [0.717, 1.165) is 25.1 Å². The van der Waals surface area contributed by atoms with Crippen molar-refractivity contribution in [2.75, 3.05) is 18.9 Å². The fourth-order valence-electron chi connectivity index (χ4n) is 2.21. The molecule has 8 heteroatoms. The first-order valence-electron chi connectivity index (χ1n) is 7.18. The van der Waals surface area contributed by atoms with Crippen molar-refractivity contribution in [1.29, 1.82) is 0 Å². The summed E-state index contributed by atoms with van der Waals surface area (Å²) in [6.07, 6.45) is 2.24. The van der Waals surface area contributed by atoms with Crippen molar-refractivity contribution < 1.29 is 9.53 Å². The molecule has 1 atom stereocenters. The number of para-hydroxylation sites is 1. The quantitative estimate of drug-likeness (QED) is 0.802. The maximum atomic E-state index is 11.9. The van der Waals surface area contributed by atoms with Crippen LogP contribution in [0.1, 0.15) is 12.8 Å². The molecule has 1 aromatic carbocycles. The van der Waals surface area contributed by atoms with E-state index in [-0.39, 0.29) is 17.8 Å². The largest absolute Gasteiger partial charge is 0.376 e. The Balaban J connectivity index is 1.51. The van der Waals surface area contributed by atoms with Crippen LogP contribution in [0.2, 0.25) is 0 Å². The lowest BCUT2D eigenvalue weighted by molar-refractivity contribution is -0.119. The lowest BCUT2D eigenvalue weighted by Crippen LogP contribution is -2.32. The molecular weight excluding hydrogens is 302 g/mol. The molecule has 1 aromatic heterocycles. The molecule has 1 N–H and O–H groups in total. The number of aromatic nitrogens is 4. The van der Waals surface area contributed by atoms with Gasteiger partial charge in [0.05, 0.1) is 17.5 Å². The van der Waals surface area contributed by atoms with Gasteiger partial charge in [-0.15, -0.1) is 5.10 Å². The highest BCUT2D eigenvalue weighted by atomic mass is 32.2. The smallest absolute Gasteiger partial charge is 0.230 e. The summed E-state index contributed by atoms with van der Waals surface area (Å²) in [5.41, 5.74) is 0.870. The van der Waals surface area contributed by atoms with Crippen LogP contribution in [0.25, 0.3) is 5.69 Å². The minimum absolute atomic E-state index is 0.0388. The lowest BCUT2D eigenvalue weighted by atomic mass is 10.2. The second-order valence-electron chi connectivity index (χ2n) is 4.94. The van der Waals surface area contributed by atoms with Gasteiger partial charge in [0.2, 0.25) is 11.1 Å². The summed E-state index contributed by atoms with van der Waals surface area (Å²) in [6, 6.07) is 9.59. The fourth-order valence-corrected chi connectivity index (χ4v) is 2.93. The van der Waals surface area contributed by atoms with Gasteiger partial charge in [-0.2, -0.15) is 4.68 Å². The van der Waals surface area contributed by atoms with Crippen molar-refractivity contribution >= 4 is 17.7 Å². The van der Waals surface area contributed by atoms with Crippen molar-refractivity contribution in [3.63, 3.8) is 0 Å². The third-order valence-corrected chi connectivity index (χ3v) is 4.24. The van der Waals surface area contributed by atoms with Crippen LogP contribution >= 0.6 is 11.8 Å². The second-order valence-corrected chi connectivity index (χ2v) is 5.88. The van der Waals surface area contributed by atoms with Gasteiger partial charge < -0.3 is 10.1 Å². The predicted molar refractivity (Wildman–Crippen MR) is 81.9 cm³/mol. The van der Waals surface area contributed by atoms with Crippen molar-refractivity contribution in [3.05, 3.63) is 30.3 Å². The first-order chi connectivity index (χ1) is 10.8. The van der Waals surface area contributed by atoms with E-state index in [1.165, 1.54) is 11.8 Å². The van der Waals surface area contributed by atoms with Gasteiger partial charge in [0, 0.05) is 13.2 Å². The van der Waals surface area contributed by atoms with E-state index < -0.39 is 0 Å². The van der Waals surface area contributed by atoms with Crippen molar-refractivity contribution in [2.45, 2.75) is 24.1 Å². The van der Waals surface area contributed by atoms with Crippen LogP contribution in [-0.2, 0) is 9.53 Å². The minimum atomic E-state index is -0.0388. The van der Waals surface area contributed by atoms with Gasteiger partial charge in [-0.25, -0.2) is 0 Å². The van der Waals surface area contributed by atoms with E-state index in [2.05, 4.69) is 20.8 Å². The normalized spacial score (nSPS) is 17.5. The zero-order chi connectivity index (χ0) is 15.2. The molecule has 1 saturated heterocycles. The Morgan fingerprint density at radius 1 is 1.41 bits per heavy atom. The van der Waals surface area contributed by atoms with E-state index in [1.807, 2.05) is 30.3 Å². The van der Waals surface area contributed by atoms with Crippen LogP contribution in [0.3, 0.4) is 0 Å². The summed E-state index contributed by atoms with van der Waals surface area (Å²) in [5, 5.41) is 15.1. The Morgan fingerprint density at radius 3 is 3.05 bits per heavy atom. The van der Waals surface area contributed by atoms with Crippen LogP contribution in [0.4, 0.5) is 0 Å². The summed E-state index contributed by atoms with van der Waals surface area (Å²) >= 11 is 1.31. The van der Waals surface area contributed by atoms with Crippen LogP contribution in [0.5, 0.6) is 0 Å². The van der Waals surface area contributed by atoms with Gasteiger partial charge in [-0.1, -0.05) is 30.0 Å². The van der Waals surface area contributed by atoms with Crippen LogP contribution in [-0.4, -0.2) is 51.1 Å². The van der Waals surface area contributed by atoms with E-state index in [1.54, 1.807) is 4.68 Å². The third-order valence-electron chi connectivity index (χ3n) is 3.32. The number of tetrazole rings is 1. The molecule has 0 radical (unpaired) electrons. The average molecular weight is 319 g/mol. The van der Waals surface area contributed by atoms with E-state index in [0.29, 0.717) is 11.7 Å². The fraction of sp³-hybridized carbons (Fsp3) is 0.429. The Hall–Kier alpha value is -1.93. The molecule has 22 heavy (non-hydrogen) atoms. The summed E-state index contributed by atoms with van der Waals surface area (Å²) < 4.78 is 7.10. The number of benzene rings is 1. The number of amides is 1. The SMILES string of the molecule is O=C(CSc1nnnn1-c1ccccc1)NC[C@H]1CCCO1. The molecule has 1 aliphatic heterocycles. The Morgan fingerprint density at radius 2 is 2.27 bits per heavy atom. The maximum absolute atomic E-state index is 11.9. The summed E-state index contributed by atoms with van der Waals surface area (Å²) in [6.45, 7) is 1.37. The zero-order valence-electron chi connectivity index (χ0n) is 12.0. The van der Waals surface area contributed by atoms with Crippen molar-refractivity contribution in [2.24, 2.45) is 0 Å². The third kappa shape index (κ3) is 3.83. The molecule has 0 saturated carbocycles. The van der Waals surface area contributed by atoms with Crippen LogP contribution in [0, 0.1) is 0 Å². The molecule has 2 aromatic rings. The highest BCUT2D eigenvalue weighted by Gasteiger charge is 2.17. The second kappa shape index (κ2) is 7.37. The van der Waals surface area contributed by atoms with E-state index >= 15 is 0 Å². The number of nitrogens with one attached hydrogen (secondary N) is 1. The number of nitrogens with zero attached hydrogens (tertiary/aromatic N) is 4. The minimum Gasteiger partial charge on any atom is -0.376 e. The molecule has 3 rings (SSSR count). The molecule has 1 aliphatic rings. The van der Waals surface area contributed by atoms with Crippen molar-refractivity contribution in [3.8, 4) is 5.69 Å². The van der Waals surface area contributed by atoms with E-state index in [9.17, 15) is 4.79 Å². The molecule has 7 nitrogen and oxygen atoms in total. The topological polar surface area (TPSA) is 81.9 Å². The molecule has 0 unspecified atom stereocenters. The molecular formula is C14H17N5O2S. The standard InChI is InChI=1S/C14H17N5O2S/c20-13(15-9-12-7-4-8-21-12)10-22-14-16-17-18-19(14)11-5-2-1-3-6-11/h1-3,5-6,12H,4,7-10H2,(H,15,20)/t12-/m1/s1. The van der Waals surface area contributed by atoms with Gasteiger partial charge in [0.15, 0.2) is 0 Å². The Labute approximate surface area is 132 Å². The Kier molecular flexibility index (Phi) is 5.02. The van der Waals surface area contributed by atoms with Gasteiger partial charge in [0.1, 0.15) is 0 Å². The number of rotatable bonds is 6. The highest BCUT2D eigenvalue weighted by Crippen LogP contribution is 2.17. The molecule has 116 valence electrons. The Bertz CT molecular complexity index is 613. The molecule has 2 heterocycles. The average Bonchev–Trinajstić information content (AvgIpc) is 3.23. The van der Waals surface area contributed by atoms with Gasteiger partial charge in [-0.05, 0) is 35.4 Å². The number of hydrogen-bond acceptors (Lipinski definition) is 6. The lowest BCUT2D eigenvalue weighted by Gasteiger charge is -2.10. The van der Waals surface area contributed by atoms with Gasteiger partial charge in [0.25, 0.3) is 0 Å². The molecule has 0 aliphatic carbocycles. The predicted octanol–water partition coefficient (Wildman–Crippen LogP) is 1.05. The van der Waals surface area contributed by atoms with Gasteiger partial charge in [-0.3, -0.25) is 4.79 Å². The van der Waals surface area contributed by atoms with E-state index in [4.69, 9.17) is 4.74 Å². The summed E-state index contributed by atoms with van der Waals surface area (Å²) in [4.78, 5) is 11.9. The first-order valence-corrected chi connectivity index (χ1v) is 8.16. The number of carbonyl (C=O) groups excluding carboxylic acids is 1. The maximum Gasteiger partial charge on any atom is 0.230 e. The number of ether oxygens (including phenoxy) is 1. The number of carbonyl (C=O) groups is 1.